The number of benzene rings is 2. The summed E-state index contributed by atoms with van der Waals surface area (Å²) in [7, 11) is 0. The van der Waals surface area contributed by atoms with Crippen molar-refractivity contribution in [2.75, 3.05) is 5.32 Å². The molecule has 1 saturated carbocycles. The number of fused-ring (bicyclic) bond motifs is 1. The van der Waals surface area contributed by atoms with E-state index in [0.29, 0.717) is 10.4 Å². The minimum absolute atomic E-state index is 0.0406. The fraction of sp³-hybridized carbons (Fsp3) is 0.364. The second-order valence-corrected chi connectivity index (χ2v) is 9.63. The van der Waals surface area contributed by atoms with Gasteiger partial charge in [-0.2, -0.15) is 0 Å². The molecule has 0 spiro atoms. The largest absolute Gasteiger partial charge is 0.301 e. The summed E-state index contributed by atoms with van der Waals surface area (Å²) < 4.78 is 0. The number of amides is 1. The molecule has 3 aromatic rings. The van der Waals surface area contributed by atoms with Crippen molar-refractivity contribution in [2.24, 2.45) is 0 Å². The van der Waals surface area contributed by atoms with Gasteiger partial charge in [-0.05, 0) is 36.6 Å². The van der Waals surface area contributed by atoms with Crippen molar-refractivity contribution in [3.05, 3.63) is 47.8 Å². The van der Waals surface area contributed by atoms with E-state index in [1.807, 2.05) is 36.2 Å². The molecule has 140 valence electrons. The van der Waals surface area contributed by atoms with Gasteiger partial charge in [-0.1, -0.05) is 55.7 Å². The fourth-order valence-electron chi connectivity index (χ4n) is 3.57. The summed E-state index contributed by atoms with van der Waals surface area (Å²) in [5, 5.41) is 8.71. The lowest BCUT2D eigenvalue weighted by Crippen LogP contribution is -2.25. The van der Waals surface area contributed by atoms with Crippen LogP contribution in [0.1, 0.15) is 39.0 Å². The molecule has 1 fully saturated rings. The first-order valence-electron chi connectivity index (χ1n) is 9.60. The van der Waals surface area contributed by atoms with Gasteiger partial charge in [-0.15, -0.1) is 23.1 Å². The minimum Gasteiger partial charge on any atom is -0.301 e. The van der Waals surface area contributed by atoms with Crippen LogP contribution in [0.25, 0.3) is 22.0 Å². The topological polar surface area (TPSA) is 42.0 Å². The summed E-state index contributed by atoms with van der Waals surface area (Å²) in [6.45, 7) is 2.01. The smallest absolute Gasteiger partial charge is 0.238 e. The average molecular weight is 397 g/mol. The van der Waals surface area contributed by atoms with Gasteiger partial charge in [0.25, 0.3) is 0 Å². The number of thioether (sulfide) groups is 1. The maximum Gasteiger partial charge on any atom is 0.238 e. The number of anilines is 1. The molecule has 0 saturated heterocycles. The Kier molecular flexibility index (Phi) is 5.79. The number of aromatic nitrogens is 1. The molecule has 1 N–H and O–H groups in total. The van der Waals surface area contributed by atoms with Crippen LogP contribution in [0.3, 0.4) is 0 Å². The zero-order chi connectivity index (χ0) is 18.6. The Labute approximate surface area is 168 Å². The summed E-state index contributed by atoms with van der Waals surface area (Å²) in [6.07, 6.45) is 6.42. The molecule has 0 bridgehead atoms. The first-order chi connectivity index (χ1) is 13.2. The van der Waals surface area contributed by atoms with Crippen molar-refractivity contribution in [3.63, 3.8) is 0 Å². The van der Waals surface area contributed by atoms with Crippen molar-refractivity contribution < 1.29 is 4.79 Å². The highest BCUT2D eigenvalue weighted by Gasteiger charge is 2.22. The molecule has 3 nitrogen and oxygen atoms in total. The molecule has 0 radical (unpaired) electrons. The van der Waals surface area contributed by atoms with Gasteiger partial charge in [0.1, 0.15) is 0 Å². The highest BCUT2D eigenvalue weighted by Crippen LogP contribution is 2.32. The molecule has 1 aliphatic carbocycles. The molecular weight excluding hydrogens is 372 g/mol. The number of nitrogens with one attached hydrogen (secondary N) is 1. The van der Waals surface area contributed by atoms with E-state index in [1.165, 1.54) is 54.2 Å². The number of carbonyl (C=O) groups excluding carboxylic acids is 1. The highest BCUT2D eigenvalue weighted by molar-refractivity contribution is 8.01. The van der Waals surface area contributed by atoms with E-state index in [4.69, 9.17) is 0 Å². The van der Waals surface area contributed by atoms with Crippen LogP contribution in [-0.2, 0) is 4.79 Å². The van der Waals surface area contributed by atoms with Crippen molar-refractivity contribution in [2.45, 2.75) is 49.5 Å². The van der Waals surface area contributed by atoms with E-state index in [1.54, 1.807) is 0 Å². The molecule has 2 aromatic carbocycles. The van der Waals surface area contributed by atoms with Crippen LogP contribution in [0.5, 0.6) is 0 Å². The number of hydrogen-bond donors (Lipinski definition) is 1. The van der Waals surface area contributed by atoms with E-state index < -0.39 is 0 Å². The monoisotopic (exact) mass is 396 g/mol. The molecule has 4 rings (SSSR count). The Morgan fingerprint density at radius 1 is 1.15 bits per heavy atom. The molecule has 1 aliphatic rings. The standard InChI is InChI=1S/C22H24N2OS2/c1-15(27-19-9-3-2-4-10-19)21(25)24-22-23-20(14-26-22)18-12-11-16-7-5-6-8-17(16)13-18/h5-8,11-15,19H,2-4,9-10H2,1H3,(H,23,24,25). The van der Waals surface area contributed by atoms with Crippen LogP contribution in [0.4, 0.5) is 5.13 Å². The SMILES string of the molecule is CC(SC1CCCCC1)C(=O)Nc1nc(-c2ccc3ccccc3c2)cs1. The van der Waals surface area contributed by atoms with E-state index in [0.717, 1.165) is 11.3 Å². The lowest BCUT2D eigenvalue weighted by Gasteiger charge is -2.23. The van der Waals surface area contributed by atoms with Crippen LogP contribution >= 0.6 is 23.1 Å². The summed E-state index contributed by atoms with van der Waals surface area (Å²) >= 11 is 3.31. The molecule has 1 atom stereocenters. The molecule has 1 heterocycles. The average Bonchev–Trinajstić information content (AvgIpc) is 3.17. The van der Waals surface area contributed by atoms with Crippen molar-refractivity contribution in [1.82, 2.24) is 4.98 Å². The first kappa shape index (κ1) is 18.5. The van der Waals surface area contributed by atoms with Crippen LogP contribution < -0.4 is 5.32 Å². The summed E-state index contributed by atoms with van der Waals surface area (Å²) in [4.78, 5) is 17.2. The van der Waals surface area contributed by atoms with Crippen molar-refractivity contribution in [1.29, 1.82) is 0 Å². The number of nitrogens with zero attached hydrogens (tertiary/aromatic N) is 1. The second-order valence-electron chi connectivity index (χ2n) is 7.13. The lowest BCUT2D eigenvalue weighted by molar-refractivity contribution is -0.115. The van der Waals surface area contributed by atoms with Gasteiger partial charge in [0.2, 0.25) is 5.91 Å². The van der Waals surface area contributed by atoms with E-state index >= 15 is 0 Å². The summed E-state index contributed by atoms with van der Waals surface area (Å²) in [5.41, 5.74) is 1.99. The first-order valence-corrected chi connectivity index (χ1v) is 11.4. The minimum atomic E-state index is -0.0406. The summed E-state index contributed by atoms with van der Waals surface area (Å²) in [6, 6.07) is 14.7. The van der Waals surface area contributed by atoms with Crippen LogP contribution in [-0.4, -0.2) is 21.4 Å². The molecule has 0 aliphatic heterocycles. The predicted molar refractivity (Wildman–Crippen MR) is 118 cm³/mol. The van der Waals surface area contributed by atoms with Gasteiger partial charge < -0.3 is 5.32 Å². The molecule has 1 amide bonds. The van der Waals surface area contributed by atoms with Gasteiger partial charge in [-0.3, -0.25) is 4.79 Å². The van der Waals surface area contributed by atoms with Gasteiger partial charge >= 0.3 is 0 Å². The van der Waals surface area contributed by atoms with Crippen molar-refractivity contribution in [3.8, 4) is 11.3 Å². The van der Waals surface area contributed by atoms with E-state index in [9.17, 15) is 4.79 Å². The number of thiazole rings is 1. The third kappa shape index (κ3) is 4.53. The molecule has 5 heteroatoms. The Balaban J connectivity index is 1.41. The highest BCUT2D eigenvalue weighted by atomic mass is 32.2. The Bertz CT molecular complexity index is 931. The zero-order valence-corrected chi connectivity index (χ0v) is 17.1. The van der Waals surface area contributed by atoms with Gasteiger partial charge in [-0.25, -0.2) is 4.98 Å². The third-order valence-electron chi connectivity index (χ3n) is 5.10. The molecule has 1 unspecified atom stereocenters. The Morgan fingerprint density at radius 2 is 1.93 bits per heavy atom. The number of hydrogen-bond acceptors (Lipinski definition) is 4. The fourth-order valence-corrected chi connectivity index (χ4v) is 5.66. The quantitative estimate of drug-likeness (QED) is 0.546. The number of carbonyl (C=O) groups is 1. The van der Waals surface area contributed by atoms with Gasteiger partial charge in [0.05, 0.1) is 10.9 Å². The van der Waals surface area contributed by atoms with Gasteiger partial charge in [0, 0.05) is 16.2 Å². The Hall–Kier alpha value is -1.85. The van der Waals surface area contributed by atoms with Crippen molar-refractivity contribution >= 4 is 44.9 Å². The summed E-state index contributed by atoms with van der Waals surface area (Å²) in [5.74, 6) is 0.0602. The van der Waals surface area contributed by atoms with E-state index in [-0.39, 0.29) is 11.2 Å². The lowest BCUT2D eigenvalue weighted by atomic mass is 10.0. The molecule has 1 aromatic heterocycles. The third-order valence-corrected chi connectivity index (χ3v) is 7.33. The van der Waals surface area contributed by atoms with E-state index in [2.05, 4.69) is 40.6 Å². The van der Waals surface area contributed by atoms with Crippen LogP contribution in [0.2, 0.25) is 0 Å². The number of rotatable bonds is 5. The zero-order valence-electron chi connectivity index (χ0n) is 15.5. The van der Waals surface area contributed by atoms with Crippen LogP contribution in [0.15, 0.2) is 47.8 Å². The maximum atomic E-state index is 12.5. The predicted octanol–water partition coefficient (Wildman–Crippen LogP) is 6.36. The molecule has 27 heavy (non-hydrogen) atoms. The maximum absolute atomic E-state index is 12.5. The van der Waals surface area contributed by atoms with Crippen LogP contribution in [0, 0.1) is 0 Å². The Morgan fingerprint density at radius 3 is 2.74 bits per heavy atom. The van der Waals surface area contributed by atoms with Gasteiger partial charge in [0.15, 0.2) is 5.13 Å². The molecular formula is C22H24N2OS2. The normalized spacial score (nSPS) is 16.3. The second kappa shape index (κ2) is 8.44.